The summed E-state index contributed by atoms with van der Waals surface area (Å²) in [5, 5.41) is 11.3. The van der Waals surface area contributed by atoms with Gasteiger partial charge in [0, 0.05) is 18.0 Å². The second-order valence-electron chi connectivity index (χ2n) is 5.37. The molecule has 3 amide bonds. The molecule has 7 nitrogen and oxygen atoms in total. The van der Waals surface area contributed by atoms with Crippen molar-refractivity contribution in [3.8, 4) is 10.4 Å². The predicted octanol–water partition coefficient (Wildman–Crippen LogP) is 1.43. The summed E-state index contributed by atoms with van der Waals surface area (Å²) in [4.78, 5) is 25.6. The number of nitrogens with one attached hydrogen (secondary N) is 1. The third-order valence-corrected chi connectivity index (χ3v) is 4.59. The van der Waals surface area contributed by atoms with E-state index in [4.69, 9.17) is 16.6 Å². The largest absolute Gasteiger partial charge is 0.395 e. The van der Waals surface area contributed by atoms with Gasteiger partial charge in [-0.3, -0.25) is 9.69 Å². The summed E-state index contributed by atoms with van der Waals surface area (Å²) in [7, 11) is 1.93. The van der Waals surface area contributed by atoms with Crippen LogP contribution in [0.2, 0.25) is 0 Å². The number of nitrogens with two attached hydrogens (primary N) is 2. The number of carbonyl (C=O) groups excluding carboxylic acids is 2. The van der Waals surface area contributed by atoms with Crippen LogP contribution in [-0.4, -0.2) is 42.1 Å². The summed E-state index contributed by atoms with van der Waals surface area (Å²) in [5.74, 6) is -0.614. The van der Waals surface area contributed by atoms with E-state index in [1.54, 1.807) is 6.07 Å². The van der Waals surface area contributed by atoms with E-state index in [0.717, 1.165) is 22.5 Å². The van der Waals surface area contributed by atoms with Crippen LogP contribution in [-0.2, 0) is 6.54 Å². The van der Waals surface area contributed by atoms with Gasteiger partial charge in [-0.15, -0.1) is 11.3 Å². The van der Waals surface area contributed by atoms with Crippen molar-refractivity contribution < 1.29 is 14.7 Å². The molecule has 6 N–H and O–H groups in total. The lowest BCUT2D eigenvalue weighted by atomic mass is 10.1. The van der Waals surface area contributed by atoms with Crippen LogP contribution in [0.15, 0.2) is 30.3 Å². The quantitative estimate of drug-likeness (QED) is 0.604. The third-order valence-electron chi connectivity index (χ3n) is 3.39. The van der Waals surface area contributed by atoms with Crippen molar-refractivity contribution in [3.63, 3.8) is 0 Å². The molecule has 0 unspecified atom stereocenters. The van der Waals surface area contributed by atoms with E-state index in [1.165, 1.54) is 11.3 Å². The van der Waals surface area contributed by atoms with Gasteiger partial charge in [-0.2, -0.15) is 0 Å². The first-order chi connectivity index (χ1) is 11.4. The molecule has 128 valence electrons. The van der Waals surface area contributed by atoms with E-state index < -0.39 is 11.9 Å². The van der Waals surface area contributed by atoms with Crippen molar-refractivity contribution in [1.82, 2.24) is 4.90 Å². The summed E-state index contributed by atoms with van der Waals surface area (Å²) in [6.07, 6.45) is 0. The van der Waals surface area contributed by atoms with E-state index in [0.29, 0.717) is 12.2 Å². The Morgan fingerprint density at radius 2 is 1.92 bits per heavy atom. The number of aliphatic hydroxyl groups is 1. The van der Waals surface area contributed by atoms with Gasteiger partial charge < -0.3 is 21.9 Å². The van der Waals surface area contributed by atoms with Crippen molar-refractivity contribution in [2.24, 2.45) is 11.5 Å². The maximum atomic E-state index is 11.5. The number of primary amides is 2. The zero-order valence-corrected chi connectivity index (χ0v) is 14.1. The highest BCUT2D eigenvalue weighted by Crippen LogP contribution is 2.34. The first-order valence-corrected chi connectivity index (χ1v) is 8.11. The van der Waals surface area contributed by atoms with Crippen LogP contribution in [0.25, 0.3) is 10.4 Å². The average molecular weight is 348 g/mol. The number of amides is 3. The number of anilines is 1. The van der Waals surface area contributed by atoms with Gasteiger partial charge in [0.05, 0.1) is 12.3 Å². The number of rotatable bonds is 7. The van der Waals surface area contributed by atoms with E-state index in [9.17, 15) is 9.59 Å². The van der Waals surface area contributed by atoms with Crippen LogP contribution in [0.5, 0.6) is 0 Å². The van der Waals surface area contributed by atoms with Crippen LogP contribution >= 0.6 is 11.3 Å². The van der Waals surface area contributed by atoms with Gasteiger partial charge in [-0.1, -0.05) is 24.3 Å². The standard InChI is InChI=1S/C16H20N4O3S/c1-20(6-7-21)9-10-2-4-11(5-3-10)13-8-12(19-16(18)23)14(24-13)15(17)22/h2-5,8,21H,6-7,9H2,1H3,(H2,17,22)(H3,18,19,23). The molecule has 0 spiro atoms. The smallest absolute Gasteiger partial charge is 0.316 e. The van der Waals surface area contributed by atoms with E-state index >= 15 is 0 Å². The third kappa shape index (κ3) is 4.54. The molecular formula is C16H20N4O3S. The van der Waals surface area contributed by atoms with Gasteiger partial charge in [0.2, 0.25) is 0 Å². The molecule has 1 aromatic carbocycles. The molecule has 2 rings (SSSR count). The maximum absolute atomic E-state index is 11.5. The lowest BCUT2D eigenvalue weighted by molar-refractivity contribution is 0.100. The lowest BCUT2D eigenvalue weighted by Gasteiger charge is -2.15. The van der Waals surface area contributed by atoms with Gasteiger partial charge in [0.15, 0.2) is 0 Å². The Morgan fingerprint density at radius 1 is 1.25 bits per heavy atom. The lowest BCUT2D eigenvalue weighted by Crippen LogP contribution is -2.21. The molecule has 2 aromatic rings. The molecule has 24 heavy (non-hydrogen) atoms. The van der Waals surface area contributed by atoms with Gasteiger partial charge in [0.1, 0.15) is 4.88 Å². The topological polar surface area (TPSA) is 122 Å². The molecule has 0 radical (unpaired) electrons. The van der Waals surface area contributed by atoms with Gasteiger partial charge in [-0.25, -0.2) is 4.79 Å². The van der Waals surface area contributed by atoms with Gasteiger partial charge >= 0.3 is 6.03 Å². The number of urea groups is 1. The highest BCUT2D eigenvalue weighted by molar-refractivity contribution is 7.18. The predicted molar refractivity (Wildman–Crippen MR) is 94.9 cm³/mol. The zero-order valence-electron chi connectivity index (χ0n) is 13.3. The number of hydrogen-bond acceptors (Lipinski definition) is 5. The molecular weight excluding hydrogens is 328 g/mol. The highest BCUT2D eigenvalue weighted by atomic mass is 32.1. The molecule has 0 aliphatic rings. The Balaban J connectivity index is 2.22. The van der Waals surface area contributed by atoms with Gasteiger partial charge in [-0.05, 0) is 24.2 Å². The Labute approximate surface area is 143 Å². The fraction of sp³-hybridized carbons (Fsp3) is 0.250. The fourth-order valence-electron chi connectivity index (χ4n) is 2.28. The number of likely N-dealkylation sites (N-methyl/N-ethyl adjacent to an activating group) is 1. The minimum Gasteiger partial charge on any atom is -0.395 e. The second kappa shape index (κ2) is 7.91. The Morgan fingerprint density at radius 3 is 2.46 bits per heavy atom. The van der Waals surface area contributed by atoms with Gasteiger partial charge in [0.25, 0.3) is 5.91 Å². The SMILES string of the molecule is CN(CCO)Cc1ccc(-c2cc(NC(N)=O)c(C(N)=O)s2)cc1. The van der Waals surface area contributed by atoms with Crippen molar-refractivity contribution in [3.05, 3.63) is 40.8 Å². The van der Waals surface area contributed by atoms with E-state index in [-0.39, 0.29) is 11.5 Å². The molecule has 0 aliphatic carbocycles. The summed E-state index contributed by atoms with van der Waals surface area (Å²) in [6.45, 7) is 1.46. The van der Waals surface area contributed by atoms with Crippen LogP contribution in [0.3, 0.4) is 0 Å². The fourth-order valence-corrected chi connectivity index (χ4v) is 3.25. The Hall–Kier alpha value is -2.42. The molecule has 1 heterocycles. The molecule has 0 atom stereocenters. The number of carbonyl (C=O) groups is 2. The number of benzene rings is 1. The molecule has 0 saturated carbocycles. The van der Waals surface area contributed by atoms with E-state index in [1.807, 2.05) is 36.2 Å². The molecule has 0 fully saturated rings. The van der Waals surface area contributed by atoms with Crippen LogP contribution in [0, 0.1) is 0 Å². The molecule has 1 aromatic heterocycles. The van der Waals surface area contributed by atoms with E-state index in [2.05, 4.69) is 5.32 Å². The first kappa shape index (κ1) is 17.9. The highest BCUT2D eigenvalue weighted by Gasteiger charge is 2.16. The Bertz CT molecular complexity index is 727. The van der Waals surface area contributed by atoms with Crippen molar-refractivity contribution in [1.29, 1.82) is 0 Å². The summed E-state index contributed by atoms with van der Waals surface area (Å²) < 4.78 is 0. The summed E-state index contributed by atoms with van der Waals surface area (Å²) >= 11 is 1.20. The maximum Gasteiger partial charge on any atom is 0.316 e. The molecule has 0 saturated heterocycles. The Kier molecular flexibility index (Phi) is 5.91. The van der Waals surface area contributed by atoms with Crippen LogP contribution in [0.4, 0.5) is 10.5 Å². The summed E-state index contributed by atoms with van der Waals surface area (Å²) in [6, 6.07) is 8.77. The average Bonchev–Trinajstić information content (AvgIpc) is 2.91. The van der Waals surface area contributed by atoms with Crippen molar-refractivity contribution >= 4 is 29.0 Å². The normalized spacial score (nSPS) is 10.8. The van der Waals surface area contributed by atoms with Crippen LogP contribution in [0.1, 0.15) is 15.2 Å². The second-order valence-corrected chi connectivity index (χ2v) is 6.42. The zero-order chi connectivity index (χ0) is 17.7. The number of aliphatic hydroxyl groups excluding tert-OH is 1. The number of nitrogens with zero attached hydrogens (tertiary/aromatic N) is 1. The molecule has 8 heteroatoms. The monoisotopic (exact) mass is 348 g/mol. The molecule has 0 aliphatic heterocycles. The van der Waals surface area contributed by atoms with Crippen molar-refractivity contribution in [2.45, 2.75) is 6.54 Å². The molecule has 0 bridgehead atoms. The number of hydrogen-bond donors (Lipinski definition) is 4. The minimum atomic E-state index is -0.746. The van der Waals surface area contributed by atoms with Crippen molar-refractivity contribution in [2.75, 3.05) is 25.5 Å². The number of thiophene rings is 1. The first-order valence-electron chi connectivity index (χ1n) is 7.29. The summed E-state index contributed by atoms with van der Waals surface area (Å²) in [5.41, 5.74) is 12.8. The van der Waals surface area contributed by atoms with Crippen LogP contribution < -0.4 is 16.8 Å². The minimum absolute atomic E-state index is 0.120.